The molecule has 0 saturated carbocycles. The largest absolute Gasteiger partial charge is 0.491 e. The summed E-state index contributed by atoms with van der Waals surface area (Å²) in [6.45, 7) is 10.3. The molecule has 0 radical (unpaired) electrons. The van der Waals surface area contributed by atoms with E-state index >= 15 is 0 Å². The zero-order valence-electron chi connectivity index (χ0n) is 17.5. The van der Waals surface area contributed by atoms with Crippen LogP contribution in [0.3, 0.4) is 0 Å². The Morgan fingerprint density at radius 1 is 1.17 bits per heavy atom. The number of guanidine groups is 1. The van der Waals surface area contributed by atoms with E-state index < -0.39 is 0 Å². The van der Waals surface area contributed by atoms with Crippen molar-refractivity contribution in [3.8, 4) is 5.75 Å². The van der Waals surface area contributed by atoms with E-state index in [1.165, 1.54) is 6.26 Å². The molecule has 0 saturated heterocycles. The number of rotatable bonds is 9. The van der Waals surface area contributed by atoms with Gasteiger partial charge in [-0.05, 0) is 51.5 Å². The third-order valence-corrected chi connectivity index (χ3v) is 3.79. The molecule has 2 rings (SSSR count). The van der Waals surface area contributed by atoms with Crippen LogP contribution in [0.1, 0.15) is 42.5 Å². The fraction of sp³-hybridized carbons (Fsp3) is 0.429. The minimum absolute atomic E-state index is 0. The number of aliphatic imine (C=N–C) groups is 1. The van der Waals surface area contributed by atoms with E-state index in [2.05, 4.69) is 27.0 Å². The van der Waals surface area contributed by atoms with Gasteiger partial charge in [0.1, 0.15) is 5.75 Å². The Bertz CT molecular complexity index is 776. The first-order valence-corrected chi connectivity index (χ1v) is 9.59. The molecule has 1 aromatic carbocycles. The zero-order chi connectivity index (χ0) is 20.4. The van der Waals surface area contributed by atoms with Gasteiger partial charge in [-0.2, -0.15) is 0 Å². The molecule has 2 aromatic rings. The third kappa shape index (κ3) is 8.76. The minimum atomic E-state index is -0.233. The number of amides is 1. The van der Waals surface area contributed by atoms with E-state index in [0.717, 1.165) is 23.4 Å². The molecule has 0 spiro atoms. The van der Waals surface area contributed by atoms with Crippen molar-refractivity contribution in [2.24, 2.45) is 4.99 Å². The summed E-state index contributed by atoms with van der Waals surface area (Å²) in [4.78, 5) is 16.5. The highest BCUT2D eigenvalue weighted by atomic mass is 127. The number of nitrogens with zero attached hydrogens (tertiary/aromatic N) is 1. The number of ether oxygens (including phenoxy) is 1. The second-order valence-electron chi connectivity index (χ2n) is 6.63. The molecule has 0 unspecified atom stereocenters. The Morgan fingerprint density at radius 3 is 2.59 bits per heavy atom. The van der Waals surface area contributed by atoms with Gasteiger partial charge < -0.3 is 25.1 Å². The van der Waals surface area contributed by atoms with Crippen LogP contribution >= 0.6 is 24.0 Å². The third-order valence-electron chi connectivity index (χ3n) is 3.79. The Hall–Kier alpha value is -2.23. The molecule has 160 valence electrons. The second kappa shape index (κ2) is 13.1. The molecular formula is C21H31IN4O3. The van der Waals surface area contributed by atoms with Crippen molar-refractivity contribution in [2.45, 2.75) is 40.3 Å². The van der Waals surface area contributed by atoms with Crippen LogP contribution in [0.4, 0.5) is 0 Å². The van der Waals surface area contributed by atoms with Crippen LogP contribution in [0.5, 0.6) is 5.75 Å². The fourth-order valence-electron chi connectivity index (χ4n) is 2.51. The normalized spacial score (nSPS) is 11.0. The van der Waals surface area contributed by atoms with E-state index in [0.29, 0.717) is 31.4 Å². The standard InChI is InChI=1S/C21H30N4O3.HI/c1-5-22-21(24-11-10-23-20(26)18-7-6-12-27-18)25-14-17-9-8-16(4)13-19(17)28-15(2)3;/h6-9,12-13,15H,5,10-11,14H2,1-4H3,(H,23,26)(H2,22,24,25);1H. The van der Waals surface area contributed by atoms with Crippen molar-refractivity contribution in [3.05, 3.63) is 53.5 Å². The molecule has 0 fully saturated rings. The van der Waals surface area contributed by atoms with Gasteiger partial charge in [0, 0.05) is 25.2 Å². The highest BCUT2D eigenvalue weighted by Crippen LogP contribution is 2.22. The van der Waals surface area contributed by atoms with Gasteiger partial charge in [0.05, 0.1) is 18.9 Å². The topological polar surface area (TPSA) is 87.9 Å². The highest BCUT2D eigenvalue weighted by Gasteiger charge is 2.08. The van der Waals surface area contributed by atoms with Gasteiger partial charge in [0.2, 0.25) is 0 Å². The van der Waals surface area contributed by atoms with Gasteiger partial charge in [-0.3, -0.25) is 4.79 Å². The quantitative estimate of drug-likeness (QED) is 0.207. The maximum atomic E-state index is 11.8. The number of carbonyl (C=O) groups is 1. The second-order valence-corrected chi connectivity index (χ2v) is 6.63. The number of furan rings is 1. The molecule has 0 bridgehead atoms. The number of hydrogen-bond acceptors (Lipinski definition) is 4. The lowest BCUT2D eigenvalue weighted by atomic mass is 10.1. The maximum absolute atomic E-state index is 11.8. The van der Waals surface area contributed by atoms with Crippen LogP contribution in [-0.2, 0) is 6.54 Å². The summed E-state index contributed by atoms with van der Waals surface area (Å²) >= 11 is 0. The van der Waals surface area contributed by atoms with E-state index in [1.54, 1.807) is 12.1 Å². The van der Waals surface area contributed by atoms with Gasteiger partial charge in [-0.1, -0.05) is 12.1 Å². The lowest BCUT2D eigenvalue weighted by Crippen LogP contribution is -2.41. The molecule has 0 aliphatic carbocycles. The molecule has 0 aliphatic heterocycles. The average molecular weight is 514 g/mol. The first-order chi connectivity index (χ1) is 13.5. The SMILES string of the molecule is CCNC(=NCc1ccc(C)cc1OC(C)C)NCCNC(=O)c1ccco1.I. The lowest BCUT2D eigenvalue weighted by Gasteiger charge is -2.15. The van der Waals surface area contributed by atoms with Crippen LogP contribution in [0.2, 0.25) is 0 Å². The van der Waals surface area contributed by atoms with E-state index in [4.69, 9.17) is 9.15 Å². The molecule has 0 aliphatic rings. The Morgan fingerprint density at radius 2 is 1.93 bits per heavy atom. The van der Waals surface area contributed by atoms with Crippen LogP contribution < -0.4 is 20.7 Å². The molecule has 7 nitrogen and oxygen atoms in total. The molecule has 1 aromatic heterocycles. The van der Waals surface area contributed by atoms with E-state index in [1.807, 2.05) is 39.8 Å². The average Bonchev–Trinajstić information content (AvgIpc) is 3.18. The summed E-state index contributed by atoms with van der Waals surface area (Å²) in [6, 6.07) is 9.46. The van der Waals surface area contributed by atoms with Gasteiger partial charge in [-0.15, -0.1) is 24.0 Å². The van der Waals surface area contributed by atoms with Crippen molar-refractivity contribution in [3.63, 3.8) is 0 Å². The molecule has 29 heavy (non-hydrogen) atoms. The van der Waals surface area contributed by atoms with E-state index in [-0.39, 0.29) is 36.0 Å². The number of carbonyl (C=O) groups excluding carboxylic acids is 1. The summed E-state index contributed by atoms with van der Waals surface area (Å²) in [6.07, 6.45) is 1.58. The molecule has 1 heterocycles. The number of hydrogen-bond donors (Lipinski definition) is 3. The summed E-state index contributed by atoms with van der Waals surface area (Å²) < 4.78 is 11.0. The minimum Gasteiger partial charge on any atom is -0.491 e. The first kappa shape index (κ1) is 24.8. The Labute approximate surface area is 189 Å². The van der Waals surface area contributed by atoms with Crippen molar-refractivity contribution >= 4 is 35.8 Å². The molecule has 8 heteroatoms. The summed E-state index contributed by atoms with van der Waals surface area (Å²) in [5.74, 6) is 1.62. The van der Waals surface area contributed by atoms with Crippen LogP contribution in [0.15, 0.2) is 46.0 Å². The van der Waals surface area contributed by atoms with Gasteiger partial charge in [0.25, 0.3) is 5.91 Å². The van der Waals surface area contributed by atoms with Crippen molar-refractivity contribution in [2.75, 3.05) is 19.6 Å². The number of benzene rings is 1. The molecule has 1 amide bonds. The van der Waals surface area contributed by atoms with E-state index in [9.17, 15) is 4.79 Å². The van der Waals surface area contributed by atoms with Crippen molar-refractivity contribution in [1.29, 1.82) is 0 Å². The van der Waals surface area contributed by atoms with Gasteiger partial charge >= 0.3 is 0 Å². The lowest BCUT2D eigenvalue weighted by molar-refractivity contribution is 0.0926. The predicted molar refractivity (Wildman–Crippen MR) is 126 cm³/mol. The summed E-state index contributed by atoms with van der Waals surface area (Å²) in [5.41, 5.74) is 2.18. The Kier molecular flexibility index (Phi) is 11.2. The van der Waals surface area contributed by atoms with Crippen molar-refractivity contribution < 1.29 is 13.9 Å². The number of aryl methyl sites for hydroxylation is 1. The molecule has 3 N–H and O–H groups in total. The van der Waals surface area contributed by atoms with Gasteiger partial charge in [-0.25, -0.2) is 4.99 Å². The summed E-state index contributed by atoms with van der Waals surface area (Å²) in [7, 11) is 0. The predicted octanol–water partition coefficient (Wildman–Crippen LogP) is 3.48. The molecule has 0 atom stereocenters. The van der Waals surface area contributed by atoms with Gasteiger partial charge in [0.15, 0.2) is 11.7 Å². The first-order valence-electron chi connectivity index (χ1n) is 9.59. The monoisotopic (exact) mass is 514 g/mol. The highest BCUT2D eigenvalue weighted by molar-refractivity contribution is 14.0. The van der Waals surface area contributed by atoms with Crippen LogP contribution in [-0.4, -0.2) is 37.6 Å². The maximum Gasteiger partial charge on any atom is 0.287 e. The number of halogens is 1. The van der Waals surface area contributed by atoms with Crippen LogP contribution in [0.25, 0.3) is 0 Å². The molecular weight excluding hydrogens is 483 g/mol. The Balaban J connectivity index is 0.00000420. The number of nitrogens with one attached hydrogen (secondary N) is 3. The fourth-order valence-corrected chi connectivity index (χ4v) is 2.51. The summed E-state index contributed by atoms with van der Waals surface area (Å²) in [5, 5.41) is 9.22. The van der Waals surface area contributed by atoms with Crippen molar-refractivity contribution in [1.82, 2.24) is 16.0 Å². The van der Waals surface area contributed by atoms with Crippen LogP contribution in [0, 0.1) is 6.92 Å². The smallest absolute Gasteiger partial charge is 0.287 e. The zero-order valence-corrected chi connectivity index (χ0v) is 19.8.